The summed E-state index contributed by atoms with van der Waals surface area (Å²) in [6.07, 6.45) is -4.20. The van der Waals surface area contributed by atoms with Crippen LogP contribution in [0.3, 0.4) is 0 Å². The normalized spacial score (nSPS) is 11.4. The lowest BCUT2D eigenvalue weighted by Crippen LogP contribution is -2.32. The van der Waals surface area contributed by atoms with Gasteiger partial charge in [0.2, 0.25) is 0 Å². The van der Waals surface area contributed by atoms with E-state index in [0.29, 0.717) is 12.0 Å². The molecule has 0 spiro atoms. The van der Waals surface area contributed by atoms with E-state index in [0.717, 1.165) is 4.90 Å². The van der Waals surface area contributed by atoms with Crippen LogP contribution >= 0.6 is 0 Å². The van der Waals surface area contributed by atoms with E-state index < -0.39 is 23.9 Å². The first-order valence-corrected chi connectivity index (χ1v) is 6.21. The summed E-state index contributed by atoms with van der Waals surface area (Å²) in [5.41, 5.74) is 0.337. The summed E-state index contributed by atoms with van der Waals surface area (Å²) >= 11 is 0. The fraction of sp³-hybridized carbons (Fsp3) is 0.308. The zero-order valence-corrected chi connectivity index (χ0v) is 11.1. The quantitative estimate of drug-likeness (QED) is 0.870. The fourth-order valence-corrected chi connectivity index (χ4v) is 1.69. The van der Waals surface area contributed by atoms with Crippen LogP contribution in [0.2, 0.25) is 0 Å². The first-order valence-electron chi connectivity index (χ1n) is 6.21. The number of aromatic nitrogens is 2. The van der Waals surface area contributed by atoms with Crippen LogP contribution in [0.5, 0.6) is 0 Å². The van der Waals surface area contributed by atoms with Crippen LogP contribution in [0.1, 0.15) is 29.6 Å². The third kappa shape index (κ3) is 3.39. The molecule has 0 radical (unpaired) electrons. The second kappa shape index (κ2) is 5.94. The minimum absolute atomic E-state index is 0.185. The van der Waals surface area contributed by atoms with Crippen LogP contribution in [0.4, 0.5) is 19.1 Å². The van der Waals surface area contributed by atoms with Crippen LogP contribution in [-0.4, -0.2) is 22.6 Å². The minimum Gasteiger partial charge on any atom is -0.327 e. The zero-order chi connectivity index (χ0) is 15.5. The third-order valence-electron chi connectivity index (χ3n) is 2.61. The lowest BCUT2D eigenvalue weighted by molar-refractivity contribution is -0.159. The van der Waals surface area contributed by atoms with Gasteiger partial charge >= 0.3 is 12.1 Å². The molecule has 112 valence electrons. The Morgan fingerprint density at radius 3 is 2.48 bits per heavy atom. The number of alkyl halides is 3. The number of amides is 1. The average Bonchev–Trinajstić information content (AvgIpc) is 2.94. The Bertz CT molecular complexity index is 611. The number of rotatable bonds is 4. The zero-order valence-electron chi connectivity index (χ0n) is 11.1. The topological polar surface area (TPSA) is 59.2 Å². The van der Waals surface area contributed by atoms with Crippen LogP contribution in [0.15, 0.2) is 34.9 Å². The molecule has 0 bridgehead atoms. The molecule has 0 saturated carbocycles. The maximum absolute atomic E-state index is 12.5. The smallest absolute Gasteiger partial charge is 0.327 e. The predicted molar refractivity (Wildman–Crippen MR) is 67.7 cm³/mol. The summed E-state index contributed by atoms with van der Waals surface area (Å²) in [5.74, 6) is -2.34. The van der Waals surface area contributed by atoms with Gasteiger partial charge in [0.25, 0.3) is 11.9 Å². The summed E-state index contributed by atoms with van der Waals surface area (Å²) < 4.78 is 41.6. The number of hydrogen-bond acceptors (Lipinski definition) is 4. The molecule has 8 heteroatoms. The van der Waals surface area contributed by atoms with Gasteiger partial charge in [-0.15, -0.1) is 0 Å². The highest BCUT2D eigenvalue weighted by atomic mass is 19.4. The Labute approximate surface area is 118 Å². The maximum atomic E-state index is 12.5. The Morgan fingerprint density at radius 2 is 1.95 bits per heavy atom. The van der Waals surface area contributed by atoms with Gasteiger partial charge in [-0.05, 0) is 23.7 Å². The van der Waals surface area contributed by atoms with E-state index in [1.807, 2.05) is 0 Å². The lowest BCUT2D eigenvalue weighted by Gasteiger charge is -2.17. The van der Waals surface area contributed by atoms with Crippen molar-refractivity contribution in [3.8, 4) is 0 Å². The summed E-state index contributed by atoms with van der Waals surface area (Å²) in [6, 6.07) is 8.19. The molecule has 1 aromatic carbocycles. The van der Waals surface area contributed by atoms with Crippen molar-refractivity contribution in [2.45, 2.75) is 19.5 Å². The van der Waals surface area contributed by atoms with Gasteiger partial charge in [-0.2, -0.15) is 18.2 Å². The second-order valence-electron chi connectivity index (χ2n) is 4.22. The maximum Gasteiger partial charge on any atom is 0.471 e. The molecule has 2 rings (SSSR count). The minimum atomic E-state index is -4.74. The van der Waals surface area contributed by atoms with Crippen molar-refractivity contribution in [3.05, 3.63) is 41.8 Å². The molecule has 1 amide bonds. The van der Waals surface area contributed by atoms with Gasteiger partial charge in [-0.1, -0.05) is 25.1 Å². The molecule has 1 aromatic heterocycles. The van der Waals surface area contributed by atoms with Crippen molar-refractivity contribution in [2.75, 3.05) is 11.4 Å². The van der Waals surface area contributed by atoms with Crippen LogP contribution < -0.4 is 4.90 Å². The number of anilines is 1. The lowest BCUT2D eigenvalue weighted by atomic mass is 10.2. The van der Waals surface area contributed by atoms with Gasteiger partial charge in [0.1, 0.15) is 0 Å². The van der Waals surface area contributed by atoms with E-state index in [2.05, 4.69) is 14.7 Å². The van der Waals surface area contributed by atoms with Crippen molar-refractivity contribution in [1.82, 2.24) is 10.1 Å². The standard InChI is InChI=1S/C13H12F3N3O2/c1-2-8-19(10(20)9-6-4-3-5-7-9)12-17-11(21-18-12)13(14,15)16/h3-7H,2,8H2,1H3. The predicted octanol–water partition coefficient (Wildman–Crippen LogP) is 3.15. The summed E-state index contributed by atoms with van der Waals surface area (Å²) in [7, 11) is 0. The van der Waals surface area contributed by atoms with E-state index in [1.54, 1.807) is 37.3 Å². The number of carbonyl (C=O) groups excluding carboxylic acids is 1. The van der Waals surface area contributed by atoms with E-state index in [4.69, 9.17) is 0 Å². The number of hydrogen-bond donors (Lipinski definition) is 0. The molecule has 0 unspecified atom stereocenters. The molecule has 1 heterocycles. The Kier molecular flexibility index (Phi) is 4.25. The number of benzene rings is 1. The average molecular weight is 299 g/mol. The van der Waals surface area contributed by atoms with E-state index >= 15 is 0 Å². The van der Waals surface area contributed by atoms with Crippen molar-refractivity contribution < 1.29 is 22.5 Å². The van der Waals surface area contributed by atoms with Crippen molar-refractivity contribution in [2.24, 2.45) is 0 Å². The van der Waals surface area contributed by atoms with Crippen LogP contribution in [-0.2, 0) is 6.18 Å². The molecule has 2 aromatic rings. The highest BCUT2D eigenvalue weighted by Crippen LogP contribution is 2.29. The Balaban J connectivity index is 2.31. The van der Waals surface area contributed by atoms with Crippen LogP contribution in [0, 0.1) is 0 Å². The molecule has 21 heavy (non-hydrogen) atoms. The molecule has 0 atom stereocenters. The SMILES string of the molecule is CCCN(C(=O)c1ccccc1)c1noc(C(F)(F)F)n1. The third-order valence-corrected chi connectivity index (χ3v) is 2.61. The Morgan fingerprint density at radius 1 is 1.29 bits per heavy atom. The van der Waals surface area contributed by atoms with Crippen LogP contribution in [0.25, 0.3) is 0 Å². The molecular weight excluding hydrogens is 287 g/mol. The van der Waals surface area contributed by atoms with E-state index in [-0.39, 0.29) is 6.54 Å². The van der Waals surface area contributed by atoms with Gasteiger partial charge in [0.05, 0.1) is 0 Å². The molecule has 0 aliphatic rings. The number of halogens is 3. The van der Waals surface area contributed by atoms with E-state index in [9.17, 15) is 18.0 Å². The van der Waals surface area contributed by atoms with Gasteiger partial charge in [0, 0.05) is 12.1 Å². The van der Waals surface area contributed by atoms with E-state index in [1.165, 1.54) is 0 Å². The highest BCUT2D eigenvalue weighted by molar-refractivity contribution is 6.05. The molecule has 0 saturated heterocycles. The van der Waals surface area contributed by atoms with Crippen molar-refractivity contribution in [3.63, 3.8) is 0 Å². The van der Waals surface area contributed by atoms with Gasteiger partial charge in [-0.25, -0.2) is 0 Å². The van der Waals surface area contributed by atoms with Crippen molar-refractivity contribution in [1.29, 1.82) is 0 Å². The fourth-order valence-electron chi connectivity index (χ4n) is 1.69. The molecule has 0 aliphatic carbocycles. The molecular formula is C13H12F3N3O2. The first-order chi connectivity index (χ1) is 9.93. The molecule has 0 aliphatic heterocycles. The largest absolute Gasteiger partial charge is 0.471 e. The number of carbonyl (C=O) groups is 1. The summed E-state index contributed by atoms with van der Waals surface area (Å²) in [5, 5.41) is 3.25. The highest BCUT2D eigenvalue weighted by Gasteiger charge is 2.39. The van der Waals surface area contributed by atoms with Gasteiger partial charge in [0.15, 0.2) is 0 Å². The van der Waals surface area contributed by atoms with Gasteiger partial charge in [-0.3, -0.25) is 9.69 Å². The molecule has 0 N–H and O–H groups in total. The van der Waals surface area contributed by atoms with Crippen molar-refractivity contribution >= 4 is 11.9 Å². The summed E-state index contributed by atoms with van der Waals surface area (Å²) in [4.78, 5) is 16.6. The molecule has 5 nitrogen and oxygen atoms in total. The first kappa shape index (κ1) is 15.0. The second-order valence-corrected chi connectivity index (χ2v) is 4.22. The Hall–Kier alpha value is -2.38. The summed E-state index contributed by atoms with van der Waals surface area (Å²) in [6.45, 7) is 1.97. The van der Waals surface area contributed by atoms with Gasteiger partial charge < -0.3 is 4.52 Å². The monoisotopic (exact) mass is 299 g/mol. The number of nitrogens with zero attached hydrogens (tertiary/aromatic N) is 3. The molecule has 0 fully saturated rings.